The van der Waals surface area contributed by atoms with Crippen LogP contribution in [-0.2, 0) is 4.79 Å². The lowest BCUT2D eigenvalue weighted by Gasteiger charge is -2.10. The molecule has 5 nitrogen and oxygen atoms in total. The van der Waals surface area contributed by atoms with Gasteiger partial charge < -0.3 is 15.4 Å². The summed E-state index contributed by atoms with van der Waals surface area (Å²) in [6, 6.07) is 11.9. The second-order valence-electron chi connectivity index (χ2n) is 5.62. The van der Waals surface area contributed by atoms with Gasteiger partial charge in [0.05, 0.1) is 5.02 Å². The Morgan fingerprint density at radius 3 is 2.44 bits per heavy atom. The number of amides is 2. The predicted molar refractivity (Wildman–Crippen MR) is 102 cm³/mol. The zero-order valence-corrected chi connectivity index (χ0v) is 16.1. The van der Waals surface area contributed by atoms with E-state index < -0.39 is 0 Å². The van der Waals surface area contributed by atoms with Crippen LogP contribution in [0.5, 0.6) is 5.75 Å². The maximum Gasteiger partial charge on any atom is 0.262 e. The fourth-order valence-corrected chi connectivity index (χ4v) is 2.71. The molecule has 0 aromatic heterocycles. The largest absolute Gasteiger partial charge is 0.482 e. The highest BCUT2D eigenvalue weighted by Gasteiger charge is 2.09. The van der Waals surface area contributed by atoms with Crippen LogP contribution in [0.15, 0.2) is 46.9 Å². The Kier molecular flexibility index (Phi) is 6.84. The van der Waals surface area contributed by atoms with Gasteiger partial charge in [0.25, 0.3) is 11.8 Å². The van der Waals surface area contributed by atoms with Crippen LogP contribution in [0, 0.1) is 0 Å². The van der Waals surface area contributed by atoms with Crippen molar-refractivity contribution < 1.29 is 14.3 Å². The summed E-state index contributed by atoms with van der Waals surface area (Å²) in [5, 5.41) is 5.93. The van der Waals surface area contributed by atoms with Crippen LogP contribution in [0.25, 0.3) is 0 Å². The van der Waals surface area contributed by atoms with Crippen LogP contribution in [0.2, 0.25) is 5.02 Å². The molecule has 0 atom stereocenters. The van der Waals surface area contributed by atoms with Crippen LogP contribution in [0.1, 0.15) is 24.2 Å². The van der Waals surface area contributed by atoms with Crippen molar-refractivity contribution in [3.8, 4) is 5.75 Å². The quantitative estimate of drug-likeness (QED) is 0.727. The number of carbonyl (C=O) groups is 2. The number of nitrogens with one attached hydrogen (secondary N) is 2. The van der Waals surface area contributed by atoms with Crippen LogP contribution in [0.3, 0.4) is 0 Å². The lowest BCUT2D eigenvalue weighted by Crippen LogP contribution is -2.30. The summed E-state index contributed by atoms with van der Waals surface area (Å²) in [6.45, 7) is 3.62. The van der Waals surface area contributed by atoms with Crippen molar-refractivity contribution in [2.75, 3.05) is 11.9 Å². The molecule has 0 bridgehead atoms. The van der Waals surface area contributed by atoms with E-state index >= 15 is 0 Å². The van der Waals surface area contributed by atoms with E-state index in [2.05, 4.69) is 26.6 Å². The van der Waals surface area contributed by atoms with Gasteiger partial charge in [-0.1, -0.05) is 27.5 Å². The fourth-order valence-electron chi connectivity index (χ4n) is 1.98. The van der Waals surface area contributed by atoms with Gasteiger partial charge in [0.15, 0.2) is 6.61 Å². The Hall–Kier alpha value is -2.05. The standard InChI is InChI=1S/C18H18BrClN2O3/c1-11(2)21-18(24)12-3-6-14(7-4-12)22-17(23)10-25-16-8-5-13(19)9-15(16)20/h3-9,11H,10H2,1-2H3,(H,21,24)(H,22,23). The third-order valence-corrected chi connectivity index (χ3v) is 3.89. The highest BCUT2D eigenvalue weighted by Crippen LogP contribution is 2.27. The Morgan fingerprint density at radius 2 is 1.84 bits per heavy atom. The SMILES string of the molecule is CC(C)NC(=O)c1ccc(NC(=O)COc2ccc(Br)cc2Cl)cc1. The molecule has 25 heavy (non-hydrogen) atoms. The van der Waals surface area contributed by atoms with E-state index in [4.69, 9.17) is 16.3 Å². The molecule has 0 radical (unpaired) electrons. The van der Waals surface area contributed by atoms with E-state index in [0.717, 1.165) is 4.47 Å². The first-order chi connectivity index (χ1) is 11.8. The van der Waals surface area contributed by atoms with Gasteiger partial charge in [-0.15, -0.1) is 0 Å². The smallest absolute Gasteiger partial charge is 0.262 e. The summed E-state index contributed by atoms with van der Waals surface area (Å²) in [7, 11) is 0. The van der Waals surface area contributed by atoms with E-state index in [0.29, 0.717) is 22.0 Å². The monoisotopic (exact) mass is 424 g/mol. The second kappa shape index (κ2) is 8.87. The van der Waals surface area contributed by atoms with Gasteiger partial charge in [0.1, 0.15) is 5.75 Å². The Balaban J connectivity index is 1.89. The molecular formula is C18H18BrClN2O3. The Labute approximate surface area is 159 Å². The van der Waals surface area contributed by atoms with Crippen molar-refractivity contribution in [2.45, 2.75) is 19.9 Å². The van der Waals surface area contributed by atoms with Crippen molar-refractivity contribution in [1.29, 1.82) is 0 Å². The van der Waals surface area contributed by atoms with Crippen molar-refractivity contribution in [3.63, 3.8) is 0 Å². The van der Waals surface area contributed by atoms with Gasteiger partial charge in [-0.2, -0.15) is 0 Å². The number of halogens is 2. The molecule has 0 spiro atoms. The highest BCUT2D eigenvalue weighted by atomic mass is 79.9. The van der Waals surface area contributed by atoms with E-state index in [1.54, 1.807) is 42.5 Å². The van der Waals surface area contributed by atoms with Crippen LogP contribution in [0.4, 0.5) is 5.69 Å². The van der Waals surface area contributed by atoms with Crippen molar-refractivity contribution in [2.24, 2.45) is 0 Å². The first-order valence-electron chi connectivity index (χ1n) is 7.64. The number of hydrogen-bond acceptors (Lipinski definition) is 3. The average molecular weight is 426 g/mol. The van der Waals surface area contributed by atoms with E-state index in [1.165, 1.54) is 0 Å². The summed E-state index contributed by atoms with van der Waals surface area (Å²) in [5.41, 5.74) is 1.11. The summed E-state index contributed by atoms with van der Waals surface area (Å²) in [6.07, 6.45) is 0. The maximum atomic E-state index is 12.0. The zero-order valence-electron chi connectivity index (χ0n) is 13.8. The molecule has 2 amide bonds. The fraction of sp³-hybridized carbons (Fsp3) is 0.222. The molecule has 0 saturated heterocycles. The van der Waals surface area contributed by atoms with Gasteiger partial charge in [-0.25, -0.2) is 0 Å². The van der Waals surface area contributed by atoms with E-state index in [-0.39, 0.29) is 24.5 Å². The first-order valence-corrected chi connectivity index (χ1v) is 8.81. The number of hydrogen-bond donors (Lipinski definition) is 2. The maximum absolute atomic E-state index is 12.0. The van der Waals surface area contributed by atoms with Crippen molar-refractivity contribution >= 4 is 45.0 Å². The van der Waals surface area contributed by atoms with Crippen molar-refractivity contribution in [1.82, 2.24) is 5.32 Å². The number of benzene rings is 2. The summed E-state index contributed by atoms with van der Waals surface area (Å²) >= 11 is 9.33. The first kappa shape index (κ1) is 19.3. The molecule has 0 aliphatic heterocycles. The zero-order chi connectivity index (χ0) is 18.4. The molecule has 0 unspecified atom stereocenters. The molecule has 0 heterocycles. The lowest BCUT2D eigenvalue weighted by atomic mass is 10.2. The molecule has 2 rings (SSSR count). The van der Waals surface area contributed by atoms with Gasteiger partial charge >= 0.3 is 0 Å². The number of anilines is 1. The number of carbonyl (C=O) groups excluding carboxylic acids is 2. The lowest BCUT2D eigenvalue weighted by molar-refractivity contribution is -0.118. The Morgan fingerprint density at radius 1 is 1.16 bits per heavy atom. The molecule has 0 aliphatic carbocycles. The van der Waals surface area contributed by atoms with Crippen molar-refractivity contribution in [3.05, 3.63) is 57.5 Å². The minimum Gasteiger partial charge on any atom is -0.482 e. The molecule has 2 aromatic rings. The highest BCUT2D eigenvalue weighted by molar-refractivity contribution is 9.10. The number of rotatable bonds is 6. The van der Waals surface area contributed by atoms with Crippen LogP contribution < -0.4 is 15.4 Å². The third-order valence-electron chi connectivity index (χ3n) is 3.10. The van der Waals surface area contributed by atoms with Gasteiger partial charge in [-0.05, 0) is 56.3 Å². The minimum atomic E-state index is -0.321. The average Bonchev–Trinajstić information content (AvgIpc) is 2.54. The van der Waals surface area contributed by atoms with Gasteiger partial charge in [0, 0.05) is 21.8 Å². The molecule has 0 fully saturated rings. The van der Waals surface area contributed by atoms with Gasteiger partial charge in [0.2, 0.25) is 0 Å². The minimum absolute atomic E-state index is 0.0643. The van der Waals surface area contributed by atoms with E-state index in [9.17, 15) is 9.59 Å². The number of ether oxygens (including phenoxy) is 1. The van der Waals surface area contributed by atoms with Gasteiger partial charge in [-0.3, -0.25) is 9.59 Å². The normalized spacial score (nSPS) is 10.4. The second-order valence-corrected chi connectivity index (χ2v) is 6.94. The molecular weight excluding hydrogens is 408 g/mol. The molecule has 7 heteroatoms. The summed E-state index contributed by atoms with van der Waals surface area (Å²) in [4.78, 5) is 23.8. The molecule has 2 aromatic carbocycles. The topological polar surface area (TPSA) is 67.4 Å². The molecule has 0 saturated carbocycles. The molecule has 0 aliphatic rings. The molecule has 132 valence electrons. The predicted octanol–water partition coefficient (Wildman–Crippen LogP) is 4.26. The van der Waals surface area contributed by atoms with E-state index in [1.807, 2.05) is 13.8 Å². The molecule has 2 N–H and O–H groups in total. The summed E-state index contributed by atoms with van der Waals surface area (Å²) in [5.74, 6) is -0.0415. The third kappa shape index (κ3) is 6.07. The van der Waals surface area contributed by atoms with Crippen LogP contribution >= 0.6 is 27.5 Å². The van der Waals surface area contributed by atoms with Crippen LogP contribution in [-0.4, -0.2) is 24.5 Å². The summed E-state index contributed by atoms with van der Waals surface area (Å²) < 4.78 is 6.23. The Bertz CT molecular complexity index is 763.